The van der Waals surface area contributed by atoms with Gasteiger partial charge < -0.3 is 19.1 Å². The molecule has 30 heavy (non-hydrogen) atoms. The van der Waals surface area contributed by atoms with Crippen molar-refractivity contribution in [3.8, 4) is 0 Å². The van der Waals surface area contributed by atoms with Crippen LogP contribution >= 0.6 is 0 Å². The van der Waals surface area contributed by atoms with E-state index in [1.54, 1.807) is 14.7 Å². The molecule has 3 rings (SSSR count). The van der Waals surface area contributed by atoms with Gasteiger partial charge in [0, 0.05) is 51.5 Å². The molecule has 0 radical (unpaired) electrons. The Balaban J connectivity index is 1.56. The highest BCUT2D eigenvalue weighted by atomic mass is 19.3. The van der Waals surface area contributed by atoms with Gasteiger partial charge in [-0.25, -0.2) is 13.6 Å². The van der Waals surface area contributed by atoms with Gasteiger partial charge in [-0.3, -0.25) is 9.69 Å². The SMILES string of the molecule is CC(C)(C)OC(=O)N1CCC(n2cccc2C(=O)N2CCN(CC(F)F)CC2)CC1. The van der Waals surface area contributed by atoms with Crippen LogP contribution < -0.4 is 0 Å². The quantitative estimate of drug-likeness (QED) is 0.743. The summed E-state index contributed by atoms with van der Waals surface area (Å²) in [7, 11) is 0. The van der Waals surface area contributed by atoms with Crippen LogP contribution in [0.15, 0.2) is 18.3 Å². The fourth-order valence-electron chi connectivity index (χ4n) is 4.04. The van der Waals surface area contributed by atoms with E-state index >= 15 is 0 Å². The second-order valence-corrected chi connectivity index (χ2v) is 8.98. The summed E-state index contributed by atoms with van der Waals surface area (Å²) in [6.07, 6.45) is 0.753. The van der Waals surface area contributed by atoms with Gasteiger partial charge in [0.25, 0.3) is 12.3 Å². The van der Waals surface area contributed by atoms with Crippen molar-refractivity contribution in [3.63, 3.8) is 0 Å². The van der Waals surface area contributed by atoms with Crippen LogP contribution in [0.1, 0.15) is 50.1 Å². The minimum absolute atomic E-state index is 0.0636. The van der Waals surface area contributed by atoms with E-state index in [1.165, 1.54) is 0 Å². The second-order valence-electron chi connectivity index (χ2n) is 8.98. The Bertz CT molecular complexity index is 731. The van der Waals surface area contributed by atoms with Gasteiger partial charge in [-0.2, -0.15) is 0 Å². The number of rotatable bonds is 4. The summed E-state index contributed by atoms with van der Waals surface area (Å²) in [5.41, 5.74) is 0.0980. The monoisotopic (exact) mass is 426 g/mol. The number of piperidine rings is 1. The molecular formula is C21H32F2N4O3. The number of carbonyl (C=O) groups excluding carboxylic acids is 2. The number of hydrogen-bond donors (Lipinski definition) is 0. The van der Waals surface area contributed by atoms with Crippen molar-refractivity contribution in [3.05, 3.63) is 24.0 Å². The number of nitrogens with zero attached hydrogens (tertiary/aromatic N) is 4. The first-order valence-corrected chi connectivity index (χ1v) is 10.6. The van der Waals surface area contributed by atoms with E-state index in [0.29, 0.717) is 45.0 Å². The maximum Gasteiger partial charge on any atom is 0.410 e. The van der Waals surface area contributed by atoms with Gasteiger partial charge in [-0.05, 0) is 45.7 Å². The average molecular weight is 427 g/mol. The van der Waals surface area contributed by atoms with Crippen molar-refractivity contribution in [2.45, 2.75) is 51.7 Å². The predicted octanol–water partition coefficient (Wildman–Crippen LogP) is 3.08. The third-order valence-corrected chi connectivity index (χ3v) is 5.56. The molecule has 0 atom stereocenters. The third kappa shape index (κ3) is 5.71. The minimum Gasteiger partial charge on any atom is -0.444 e. The van der Waals surface area contributed by atoms with Gasteiger partial charge in [0.2, 0.25) is 0 Å². The second kappa shape index (κ2) is 9.32. The zero-order valence-electron chi connectivity index (χ0n) is 18.0. The lowest BCUT2D eigenvalue weighted by atomic mass is 10.0. The molecule has 0 N–H and O–H groups in total. The standard InChI is InChI=1S/C21H32F2N4O3/c1-21(2,3)30-20(29)26-9-6-16(7-10-26)27-8-4-5-17(27)19(28)25-13-11-24(12-14-25)15-18(22)23/h4-5,8,16,18H,6-7,9-15H2,1-3H3. The van der Waals surface area contributed by atoms with Crippen molar-refractivity contribution in [2.24, 2.45) is 0 Å². The molecule has 3 heterocycles. The van der Waals surface area contributed by atoms with Gasteiger partial charge >= 0.3 is 6.09 Å². The molecule has 0 saturated carbocycles. The van der Waals surface area contributed by atoms with Crippen molar-refractivity contribution in [2.75, 3.05) is 45.8 Å². The molecule has 168 valence electrons. The molecule has 2 fully saturated rings. The fraction of sp³-hybridized carbons (Fsp3) is 0.714. The zero-order chi connectivity index (χ0) is 21.9. The third-order valence-electron chi connectivity index (χ3n) is 5.56. The van der Waals surface area contributed by atoms with Crippen LogP contribution in [-0.4, -0.2) is 89.1 Å². The van der Waals surface area contributed by atoms with E-state index in [2.05, 4.69) is 0 Å². The molecule has 1 aromatic heterocycles. The number of likely N-dealkylation sites (tertiary alicyclic amines) is 1. The van der Waals surface area contributed by atoms with Crippen LogP contribution in [0.5, 0.6) is 0 Å². The molecule has 0 bridgehead atoms. The van der Waals surface area contributed by atoms with Gasteiger partial charge in [0.05, 0.1) is 6.54 Å². The minimum atomic E-state index is -2.35. The largest absolute Gasteiger partial charge is 0.444 e. The number of halogens is 2. The lowest BCUT2D eigenvalue weighted by Gasteiger charge is -2.36. The van der Waals surface area contributed by atoms with Crippen molar-refractivity contribution >= 4 is 12.0 Å². The number of hydrogen-bond acceptors (Lipinski definition) is 4. The summed E-state index contributed by atoms with van der Waals surface area (Å²) in [5, 5.41) is 0. The molecule has 1 aromatic rings. The first kappa shape index (κ1) is 22.5. The van der Waals surface area contributed by atoms with Crippen LogP contribution in [0.3, 0.4) is 0 Å². The molecule has 9 heteroatoms. The molecule has 0 spiro atoms. The van der Waals surface area contributed by atoms with E-state index in [9.17, 15) is 18.4 Å². The summed E-state index contributed by atoms with van der Waals surface area (Å²) in [6, 6.07) is 3.81. The normalized spacial score (nSPS) is 19.4. The smallest absolute Gasteiger partial charge is 0.410 e. The van der Waals surface area contributed by atoms with Gasteiger partial charge in [0.1, 0.15) is 11.3 Å². The van der Waals surface area contributed by atoms with Crippen LogP contribution in [0.2, 0.25) is 0 Å². The highest BCUT2D eigenvalue weighted by molar-refractivity contribution is 5.93. The molecule has 7 nitrogen and oxygen atoms in total. The number of carbonyl (C=O) groups is 2. The highest BCUT2D eigenvalue weighted by Crippen LogP contribution is 2.26. The Kier molecular flexibility index (Phi) is 7.00. The number of aromatic nitrogens is 1. The van der Waals surface area contributed by atoms with E-state index in [0.717, 1.165) is 12.8 Å². The molecular weight excluding hydrogens is 394 g/mol. The number of alkyl halides is 2. The Morgan fingerprint density at radius 2 is 1.70 bits per heavy atom. The highest BCUT2D eigenvalue weighted by Gasteiger charge is 2.30. The fourth-order valence-corrected chi connectivity index (χ4v) is 4.04. The van der Waals surface area contributed by atoms with Crippen LogP contribution in [0, 0.1) is 0 Å². The molecule has 2 saturated heterocycles. The Morgan fingerprint density at radius 1 is 1.07 bits per heavy atom. The lowest BCUT2D eigenvalue weighted by molar-refractivity contribution is 0.0185. The Morgan fingerprint density at radius 3 is 2.27 bits per heavy atom. The van der Waals surface area contributed by atoms with Crippen LogP contribution in [0.4, 0.5) is 13.6 Å². The van der Waals surface area contributed by atoms with Crippen molar-refractivity contribution < 1.29 is 23.1 Å². The molecule has 0 aromatic carbocycles. The number of amides is 2. The summed E-state index contributed by atoms with van der Waals surface area (Å²) in [4.78, 5) is 30.5. The molecule has 2 amide bonds. The van der Waals surface area contributed by atoms with E-state index in [4.69, 9.17) is 4.74 Å². The zero-order valence-corrected chi connectivity index (χ0v) is 18.0. The maximum absolute atomic E-state index is 13.0. The van der Waals surface area contributed by atoms with Crippen molar-refractivity contribution in [1.82, 2.24) is 19.3 Å². The number of ether oxygens (including phenoxy) is 1. The average Bonchev–Trinajstić information content (AvgIpc) is 3.16. The van der Waals surface area contributed by atoms with Crippen LogP contribution in [0.25, 0.3) is 0 Å². The summed E-state index contributed by atoms with van der Waals surface area (Å²) in [6.45, 7) is 8.30. The summed E-state index contributed by atoms with van der Waals surface area (Å²) < 4.78 is 32.6. The topological polar surface area (TPSA) is 58.0 Å². The molecule has 2 aliphatic heterocycles. The summed E-state index contributed by atoms with van der Waals surface area (Å²) in [5.74, 6) is -0.0636. The molecule has 2 aliphatic rings. The number of piperazine rings is 1. The summed E-state index contributed by atoms with van der Waals surface area (Å²) >= 11 is 0. The van der Waals surface area contributed by atoms with E-state index in [-0.39, 0.29) is 24.6 Å². The van der Waals surface area contributed by atoms with Crippen LogP contribution in [-0.2, 0) is 4.74 Å². The predicted molar refractivity (Wildman–Crippen MR) is 109 cm³/mol. The first-order chi connectivity index (χ1) is 14.1. The maximum atomic E-state index is 13.0. The molecule has 0 unspecified atom stereocenters. The van der Waals surface area contributed by atoms with E-state index < -0.39 is 12.0 Å². The van der Waals surface area contributed by atoms with Gasteiger partial charge in [-0.15, -0.1) is 0 Å². The lowest BCUT2D eigenvalue weighted by Crippen LogP contribution is -2.50. The molecule has 0 aliphatic carbocycles. The van der Waals surface area contributed by atoms with E-state index in [1.807, 2.05) is 43.7 Å². The van der Waals surface area contributed by atoms with Gasteiger partial charge in [0.15, 0.2) is 0 Å². The van der Waals surface area contributed by atoms with Crippen molar-refractivity contribution in [1.29, 1.82) is 0 Å². The van der Waals surface area contributed by atoms with Gasteiger partial charge in [-0.1, -0.05) is 0 Å². The Hall–Kier alpha value is -2.16. The Labute approximate surface area is 176 Å². The first-order valence-electron chi connectivity index (χ1n) is 10.6.